The molecule has 1 radical (unpaired) electrons. The van der Waals surface area contributed by atoms with Crippen LogP contribution in [0.4, 0.5) is 5.69 Å². The molecule has 2 heterocycles. The minimum absolute atomic E-state index is 0.128. The second-order valence-corrected chi connectivity index (χ2v) is 11.3. The van der Waals surface area contributed by atoms with Gasteiger partial charge in [-0.05, 0) is 91.5 Å². The molecule has 3 N–H and O–H groups in total. The van der Waals surface area contributed by atoms with E-state index in [4.69, 9.17) is 9.39 Å². The number of aryl methyl sites for hydroxylation is 2. The van der Waals surface area contributed by atoms with E-state index in [1.54, 1.807) is 27.4 Å². The van der Waals surface area contributed by atoms with Crippen LogP contribution < -0.4 is 21.2 Å². The molecule has 1 aliphatic heterocycles. The van der Waals surface area contributed by atoms with Crippen LogP contribution in [-0.2, 0) is 15.9 Å². The number of aliphatic hydroxyl groups is 1. The number of ether oxygens (including phenoxy) is 1. The number of carbonyl (C=O) groups excluding carboxylic acids is 1. The summed E-state index contributed by atoms with van der Waals surface area (Å²) in [5.41, 5.74) is 3.12. The molecule has 0 unspecified atom stereocenters. The van der Waals surface area contributed by atoms with Crippen LogP contribution in [0.2, 0.25) is 0 Å². The summed E-state index contributed by atoms with van der Waals surface area (Å²) in [4.78, 5) is 31.2. The SMILES string of the molecule is CCN(c1cc([B]OC(C)(C)C(C)(C)O)cc(C(=O)NCc2c(C)cc(C)[nH]c2=O)c1C)C1CCOCC1. The fourth-order valence-corrected chi connectivity index (χ4v) is 4.67. The highest BCUT2D eigenvalue weighted by Gasteiger charge is 2.36. The Labute approximate surface area is 227 Å². The minimum atomic E-state index is -1.08. The fraction of sp³-hybridized carbons (Fsp3) is 0.586. The number of aromatic amines is 1. The first-order valence-electron chi connectivity index (χ1n) is 13.4. The molecule has 1 aromatic carbocycles. The van der Waals surface area contributed by atoms with Gasteiger partial charge in [0, 0.05) is 54.9 Å². The second-order valence-electron chi connectivity index (χ2n) is 11.3. The number of amides is 1. The van der Waals surface area contributed by atoms with E-state index in [0.717, 1.165) is 47.4 Å². The molecule has 1 aromatic heterocycles. The van der Waals surface area contributed by atoms with Gasteiger partial charge in [-0.1, -0.05) is 11.5 Å². The van der Waals surface area contributed by atoms with Gasteiger partial charge in [-0.3, -0.25) is 9.59 Å². The molecule has 2 aromatic rings. The zero-order valence-electron chi connectivity index (χ0n) is 24.2. The number of aromatic nitrogens is 1. The summed E-state index contributed by atoms with van der Waals surface area (Å²) < 4.78 is 11.6. The van der Waals surface area contributed by atoms with Crippen LogP contribution in [0.3, 0.4) is 0 Å². The summed E-state index contributed by atoms with van der Waals surface area (Å²) in [7, 11) is 1.62. The third-order valence-corrected chi connectivity index (χ3v) is 7.81. The van der Waals surface area contributed by atoms with Crippen molar-refractivity contribution in [2.45, 2.75) is 92.0 Å². The van der Waals surface area contributed by atoms with Crippen molar-refractivity contribution in [1.29, 1.82) is 0 Å². The van der Waals surface area contributed by atoms with E-state index < -0.39 is 11.2 Å². The maximum Gasteiger partial charge on any atom is 0.331 e. The molecule has 1 fully saturated rings. The van der Waals surface area contributed by atoms with Gasteiger partial charge in [0.2, 0.25) is 0 Å². The molecule has 3 rings (SSSR count). The van der Waals surface area contributed by atoms with Crippen molar-refractivity contribution in [3.05, 3.63) is 56.5 Å². The lowest BCUT2D eigenvalue weighted by Crippen LogP contribution is -2.49. The van der Waals surface area contributed by atoms with Crippen LogP contribution in [0.1, 0.15) is 80.2 Å². The smallest absolute Gasteiger partial charge is 0.331 e. The lowest BCUT2D eigenvalue weighted by Gasteiger charge is -2.38. The summed E-state index contributed by atoms with van der Waals surface area (Å²) in [5, 5.41) is 13.5. The Morgan fingerprint density at radius 1 is 1.18 bits per heavy atom. The lowest BCUT2D eigenvalue weighted by molar-refractivity contribution is -0.0893. The van der Waals surface area contributed by atoms with Gasteiger partial charge in [0.05, 0.1) is 11.2 Å². The molecule has 8 nitrogen and oxygen atoms in total. The van der Waals surface area contributed by atoms with Gasteiger partial charge in [0.15, 0.2) is 0 Å². The third-order valence-electron chi connectivity index (χ3n) is 7.81. The van der Waals surface area contributed by atoms with Crippen molar-refractivity contribution in [3.8, 4) is 0 Å². The molecule has 38 heavy (non-hydrogen) atoms. The van der Waals surface area contributed by atoms with E-state index in [1.807, 2.05) is 46.8 Å². The van der Waals surface area contributed by atoms with Crippen molar-refractivity contribution < 1.29 is 19.3 Å². The maximum atomic E-state index is 13.5. The van der Waals surface area contributed by atoms with Gasteiger partial charge in [-0.25, -0.2) is 0 Å². The van der Waals surface area contributed by atoms with Crippen LogP contribution in [-0.4, -0.2) is 60.5 Å². The quantitative estimate of drug-likeness (QED) is 0.413. The number of nitrogens with one attached hydrogen (secondary N) is 2. The molecule has 1 amide bonds. The first kappa shape index (κ1) is 29.9. The van der Waals surface area contributed by atoms with Crippen molar-refractivity contribution in [2.24, 2.45) is 0 Å². The normalized spacial score (nSPS) is 14.9. The number of pyridine rings is 1. The monoisotopic (exact) mass is 524 g/mol. The Kier molecular flexibility index (Phi) is 9.50. The number of nitrogens with zero attached hydrogens (tertiary/aromatic N) is 1. The van der Waals surface area contributed by atoms with E-state index in [2.05, 4.69) is 22.1 Å². The van der Waals surface area contributed by atoms with Gasteiger partial charge < -0.3 is 29.7 Å². The van der Waals surface area contributed by atoms with E-state index in [0.29, 0.717) is 30.4 Å². The zero-order valence-corrected chi connectivity index (χ0v) is 24.2. The Hall–Kier alpha value is -2.62. The van der Waals surface area contributed by atoms with Gasteiger partial charge in [-0.2, -0.15) is 0 Å². The largest absolute Gasteiger partial charge is 0.427 e. The molecule has 1 aliphatic rings. The molecule has 0 spiro atoms. The van der Waals surface area contributed by atoms with E-state index in [1.165, 1.54) is 0 Å². The van der Waals surface area contributed by atoms with Crippen molar-refractivity contribution in [3.63, 3.8) is 0 Å². The van der Waals surface area contributed by atoms with Crippen LogP contribution in [0.25, 0.3) is 0 Å². The lowest BCUT2D eigenvalue weighted by atomic mass is 9.80. The number of rotatable bonds is 10. The van der Waals surface area contributed by atoms with Gasteiger partial charge in [0.25, 0.3) is 11.5 Å². The molecule has 0 bridgehead atoms. The number of benzene rings is 1. The predicted octanol–water partition coefficient (Wildman–Crippen LogP) is 3.05. The predicted molar refractivity (Wildman–Crippen MR) is 153 cm³/mol. The molecule has 0 atom stereocenters. The number of anilines is 1. The standard InChI is InChI=1S/C29H43BN3O5/c1-9-33(22-10-12-37-13-11-22)25-16-21(30-38-29(7,8)28(5,6)36)15-23(20(25)4)26(34)31-17-24-18(2)14-19(3)32-27(24)35/h14-16,22,36H,9-13,17H2,1-8H3,(H,31,34)(H,32,35). The minimum Gasteiger partial charge on any atom is -0.427 e. The molecule has 0 saturated carbocycles. The summed E-state index contributed by atoms with van der Waals surface area (Å²) in [6, 6.07) is 6.05. The summed E-state index contributed by atoms with van der Waals surface area (Å²) in [6.45, 7) is 17.2. The average Bonchev–Trinajstić information content (AvgIpc) is 2.83. The van der Waals surface area contributed by atoms with E-state index in [9.17, 15) is 14.7 Å². The molecule has 0 aliphatic carbocycles. The highest BCUT2D eigenvalue weighted by Crippen LogP contribution is 2.29. The van der Waals surface area contributed by atoms with Gasteiger partial charge in [-0.15, -0.1) is 0 Å². The summed E-state index contributed by atoms with van der Waals surface area (Å²) in [6.07, 6.45) is 1.83. The van der Waals surface area contributed by atoms with E-state index in [-0.39, 0.29) is 18.0 Å². The van der Waals surface area contributed by atoms with Crippen molar-refractivity contribution in [2.75, 3.05) is 24.7 Å². The number of carbonyl (C=O) groups is 1. The Morgan fingerprint density at radius 2 is 1.84 bits per heavy atom. The molecule has 1 saturated heterocycles. The Bertz CT molecular complexity index is 1200. The molecular weight excluding hydrogens is 481 g/mol. The van der Waals surface area contributed by atoms with Crippen LogP contribution in [0.5, 0.6) is 0 Å². The van der Waals surface area contributed by atoms with Crippen LogP contribution >= 0.6 is 0 Å². The zero-order chi connectivity index (χ0) is 28.3. The first-order chi connectivity index (χ1) is 17.7. The highest BCUT2D eigenvalue weighted by atomic mass is 16.5. The second kappa shape index (κ2) is 12.1. The Balaban J connectivity index is 1.97. The van der Waals surface area contributed by atoms with Crippen molar-refractivity contribution >= 4 is 24.5 Å². The average molecular weight is 524 g/mol. The topological polar surface area (TPSA) is 104 Å². The number of H-pyrrole nitrogens is 1. The van der Waals surface area contributed by atoms with E-state index >= 15 is 0 Å². The number of hydrogen-bond donors (Lipinski definition) is 3. The summed E-state index contributed by atoms with van der Waals surface area (Å²) in [5.74, 6) is -0.261. The fourth-order valence-electron chi connectivity index (χ4n) is 4.67. The maximum absolute atomic E-state index is 13.5. The van der Waals surface area contributed by atoms with Gasteiger partial charge >= 0.3 is 7.48 Å². The first-order valence-corrected chi connectivity index (χ1v) is 13.4. The van der Waals surface area contributed by atoms with Crippen molar-refractivity contribution in [1.82, 2.24) is 10.3 Å². The Morgan fingerprint density at radius 3 is 2.42 bits per heavy atom. The number of hydrogen-bond acceptors (Lipinski definition) is 6. The van der Waals surface area contributed by atoms with Crippen LogP contribution in [0, 0.1) is 20.8 Å². The third kappa shape index (κ3) is 6.87. The molecule has 207 valence electrons. The molecular formula is C29H43BN3O5. The molecule has 9 heteroatoms. The van der Waals surface area contributed by atoms with Crippen LogP contribution in [0.15, 0.2) is 23.0 Å². The highest BCUT2D eigenvalue weighted by molar-refractivity contribution is 6.47. The summed E-state index contributed by atoms with van der Waals surface area (Å²) >= 11 is 0. The van der Waals surface area contributed by atoms with Gasteiger partial charge in [0.1, 0.15) is 0 Å².